The van der Waals surface area contributed by atoms with Crippen LogP contribution in [-0.4, -0.2) is 21.0 Å². The molecule has 0 spiro atoms. The summed E-state index contributed by atoms with van der Waals surface area (Å²) in [5, 5.41) is 10.6. The molecule has 1 heterocycles. The summed E-state index contributed by atoms with van der Waals surface area (Å²) in [7, 11) is 0. The Bertz CT molecular complexity index is 1170. The Kier molecular flexibility index (Phi) is 5.31. The Morgan fingerprint density at radius 2 is 1.70 bits per heavy atom. The molecule has 0 bridgehead atoms. The highest BCUT2D eigenvalue weighted by Gasteiger charge is 2.72. The Morgan fingerprint density at radius 1 is 0.973 bits per heavy atom. The molecule has 0 aromatic carbocycles. The first-order valence-corrected chi connectivity index (χ1v) is 14.9. The lowest BCUT2D eigenvalue weighted by molar-refractivity contribution is -0.228. The summed E-state index contributed by atoms with van der Waals surface area (Å²) in [4.78, 5) is 22.5. The van der Waals surface area contributed by atoms with Crippen LogP contribution in [0.25, 0.3) is 0 Å². The van der Waals surface area contributed by atoms with Crippen LogP contribution in [0.15, 0.2) is 18.3 Å². The first-order chi connectivity index (χ1) is 17.2. The first-order valence-electron chi connectivity index (χ1n) is 14.9. The molecule has 4 heteroatoms. The van der Waals surface area contributed by atoms with Crippen molar-refractivity contribution in [2.75, 3.05) is 0 Å². The zero-order valence-electron chi connectivity index (χ0n) is 24.3. The van der Waals surface area contributed by atoms with E-state index in [9.17, 15) is 9.90 Å². The maximum atomic E-state index is 12.9. The largest absolute Gasteiger partial charge is 0.481 e. The number of hydrogen-bond acceptors (Lipinski definition) is 3. The Hall–Kier alpha value is -1.71. The van der Waals surface area contributed by atoms with E-state index in [-0.39, 0.29) is 27.6 Å². The van der Waals surface area contributed by atoms with Gasteiger partial charge in [0.1, 0.15) is 5.82 Å². The predicted molar refractivity (Wildman–Crippen MR) is 147 cm³/mol. The van der Waals surface area contributed by atoms with Gasteiger partial charge in [0.2, 0.25) is 0 Å². The van der Waals surface area contributed by atoms with Crippen LogP contribution < -0.4 is 0 Å². The van der Waals surface area contributed by atoms with Crippen molar-refractivity contribution in [2.24, 2.45) is 51.2 Å². The van der Waals surface area contributed by atoms with Gasteiger partial charge in [0, 0.05) is 11.6 Å². The normalized spacial score (nSPS) is 47.6. The summed E-state index contributed by atoms with van der Waals surface area (Å²) in [6, 6.07) is 0. The van der Waals surface area contributed by atoms with Crippen molar-refractivity contribution in [3.05, 3.63) is 35.4 Å². The number of aromatic nitrogens is 2. The van der Waals surface area contributed by atoms with E-state index in [1.807, 2.05) is 6.92 Å². The van der Waals surface area contributed by atoms with Crippen molar-refractivity contribution < 1.29 is 9.90 Å². The number of hydrogen-bond donors (Lipinski definition) is 1. The number of nitrogens with zero attached hydrogens (tertiary/aromatic N) is 2. The Morgan fingerprint density at radius 3 is 2.38 bits per heavy atom. The number of carbonyl (C=O) groups is 1. The van der Waals surface area contributed by atoms with Gasteiger partial charge in [-0.3, -0.25) is 4.79 Å². The van der Waals surface area contributed by atoms with E-state index < -0.39 is 11.4 Å². The van der Waals surface area contributed by atoms with Crippen molar-refractivity contribution in [3.8, 4) is 0 Å². The van der Waals surface area contributed by atoms with Crippen molar-refractivity contribution in [1.82, 2.24) is 9.97 Å². The molecule has 0 saturated heterocycles. The van der Waals surface area contributed by atoms with E-state index in [4.69, 9.17) is 4.98 Å². The van der Waals surface area contributed by atoms with Crippen LogP contribution in [0.2, 0.25) is 0 Å². The average molecular weight is 505 g/mol. The van der Waals surface area contributed by atoms with Crippen LogP contribution in [-0.2, 0) is 16.6 Å². The second kappa shape index (κ2) is 7.69. The molecule has 1 aromatic rings. The summed E-state index contributed by atoms with van der Waals surface area (Å²) in [5.74, 6) is 2.66. The Labute approximate surface area is 224 Å². The molecule has 0 radical (unpaired) electrons. The summed E-state index contributed by atoms with van der Waals surface area (Å²) in [6.45, 7) is 21.2. The van der Waals surface area contributed by atoms with Gasteiger partial charge < -0.3 is 5.11 Å². The summed E-state index contributed by atoms with van der Waals surface area (Å²) >= 11 is 0. The van der Waals surface area contributed by atoms with E-state index in [0.29, 0.717) is 23.7 Å². The van der Waals surface area contributed by atoms with Gasteiger partial charge in [-0.2, -0.15) is 0 Å². The van der Waals surface area contributed by atoms with Crippen molar-refractivity contribution in [1.29, 1.82) is 0 Å². The fraction of sp³-hybridized carbons (Fsp3) is 0.788. The lowest BCUT2D eigenvalue weighted by Gasteiger charge is -2.72. The zero-order valence-corrected chi connectivity index (χ0v) is 24.3. The quantitative estimate of drug-likeness (QED) is 0.423. The molecule has 4 saturated carbocycles. The number of carboxylic acid groups (broad SMARTS) is 1. The molecule has 37 heavy (non-hydrogen) atoms. The van der Waals surface area contributed by atoms with Gasteiger partial charge in [0.05, 0.1) is 11.1 Å². The van der Waals surface area contributed by atoms with Crippen LogP contribution in [0.1, 0.15) is 110 Å². The van der Waals surface area contributed by atoms with Crippen molar-refractivity contribution in [2.45, 2.75) is 112 Å². The Balaban J connectivity index is 1.44. The maximum Gasteiger partial charge on any atom is 0.309 e. The monoisotopic (exact) mass is 504 g/mol. The topological polar surface area (TPSA) is 63.1 Å². The first kappa shape index (κ1) is 25.6. The van der Waals surface area contributed by atoms with Crippen LogP contribution in [0.5, 0.6) is 0 Å². The average Bonchev–Trinajstić information content (AvgIpc) is 3.21. The maximum absolute atomic E-state index is 12.9. The van der Waals surface area contributed by atoms with E-state index in [1.165, 1.54) is 42.5 Å². The molecule has 0 unspecified atom stereocenters. The van der Waals surface area contributed by atoms with Gasteiger partial charge in [-0.15, -0.1) is 0 Å². The highest BCUT2D eigenvalue weighted by Crippen LogP contribution is 2.77. The molecule has 0 amide bonds. The molecule has 1 N–H and O–H groups in total. The minimum absolute atomic E-state index is 0.0383. The van der Waals surface area contributed by atoms with Gasteiger partial charge in [0.25, 0.3) is 0 Å². The van der Waals surface area contributed by atoms with Gasteiger partial charge in [-0.1, -0.05) is 46.8 Å². The molecular weight excluding hydrogens is 456 g/mol. The molecule has 5 aliphatic carbocycles. The summed E-state index contributed by atoms with van der Waals surface area (Å²) in [6.07, 6.45) is 11.8. The third-order valence-electron chi connectivity index (χ3n) is 13.8. The summed E-state index contributed by atoms with van der Waals surface area (Å²) in [5.41, 5.74) is 3.94. The SMILES string of the molecule is C=C(C)[C@@H]1CC[C@]2(C(=O)O)CC[C@]3(C)[C@H](CC[C@@H]4[C@@]5(C)Cc6cnc(C)nc6C(C)(C)[C@@H]5CC[C@]43C)[C@@H]12. The number of aryl methyl sites for hydroxylation is 1. The lowest BCUT2D eigenvalue weighted by Crippen LogP contribution is -2.67. The molecule has 5 aliphatic rings. The number of allylic oxidation sites excluding steroid dienone is 1. The van der Waals surface area contributed by atoms with Gasteiger partial charge in [-0.05, 0) is 123 Å². The van der Waals surface area contributed by atoms with Crippen LogP contribution >= 0.6 is 0 Å². The number of carboxylic acids is 1. The van der Waals surface area contributed by atoms with E-state index in [0.717, 1.165) is 37.9 Å². The minimum Gasteiger partial charge on any atom is -0.481 e. The minimum atomic E-state index is -0.543. The molecule has 202 valence electrons. The van der Waals surface area contributed by atoms with Crippen LogP contribution in [0.4, 0.5) is 0 Å². The van der Waals surface area contributed by atoms with Gasteiger partial charge in [-0.25, -0.2) is 9.97 Å². The van der Waals surface area contributed by atoms with Gasteiger partial charge >= 0.3 is 5.97 Å². The number of fused-ring (bicyclic) bond motifs is 8. The fourth-order valence-corrected chi connectivity index (χ4v) is 12.1. The molecule has 9 atom stereocenters. The third kappa shape index (κ3) is 2.99. The van der Waals surface area contributed by atoms with E-state index in [1.54, 1.807) is 0 Å². The van der Waals surface area contributed by atoms with Crippen LogP contribution in [0.3, 0.4) is 0 Å². The molecule has 1 aromatic heterocycles. The third-order valence-corrected chi connectivity index (χ3v) is 13.8. The molecule has 4 fully saturated rings. The summed E-state index contributed by atoms with van der Waals surface area (Å²) < 4.78 is 0. The van der Waals surface area contributed by atoms with Crippen molar-refractivity contribution in [3.63, 3.8) is 0 Å². The van der Waals surface area contributed by atoms with E-state index >= 15 is 0 Å². The molecule has 6 rings (SSSR count). The molecular formula is C33H48N2O2. The second-order valence-electron chi connectivity index (χ2n) is 15.3. The highest BCUT2D eigenvalue weighted by atomic mass is 16.4. The fourth-order valence-electron chi connectivity index (χ4n) is 12.1. The van der Waals surface area contributed by atoms with Gasteiger partial charge in [0.15, 0.2) is 0 Å². The number of aliphatic carboxylic acids is 1. The standard InChI is InChI=1S/C33H48N2O2/c1-19(2)22-11-14-33(28(36)37)16-15-31(7)23(26(22)33)9-10-25-30(6)17-21-18-34-20(3)35-27(21)29(4,5)24(30)12-13-32(25,31)8/h18,22-26H,1,9-17H2,2-8H3,(H,36,37)/t22-,23+,24-,25+,26+,30-,31+,32+,33-/m0/s1. The number of rotatable bonds is 2. The zero-order chi connectivity index (χ0) is 26.8. The van der Waals surface area contributed by atoms with Crippen LogP contribution in [0, 0.1) is 58.2 Å². The van der Waals surface area contributed by atoms with E-state index in [2.05, 4.69) is 59.3 Å². The van der Waals surface area contributed by atoms with Crippen molar-refractivity contribution >= 4 is 5.97 Å². The smallest absolute Gasteiger partial charge is 0.309 e. The molecule has 0 aliphatic heterocycles. The molecule has 4 nitrogen and oxygen atoms in total. The predicted octanol–water partition coefficient (Wildman–Crippen LogP) is 7.54. The lowest BCUT2D eigenvalue weighted by atomic mass is 9.32. The second-order valence-corrected chi connectivity index (χ2v) is 15.3. The highest BCUT2D eigenvalue weighted by molar-refractivity contribution is 5.76.